The lowest BCUT2D eigenvalue weighted by Gasteiger charge is -2.10. The van der Waals surface area contributed by atoms with Gasteiger partial charge in [-0.15, -0.1) is 0 Å². The molecule has 6 nitrogen and oxygen atoms in total. The number of halogens is 2. The molecular weight excluding hydrogens is 441 g/mol. The van der Waals surface area contributed by atoms with Crippen LogP contribution >= 0.6 is 35.0 Å². The number of hydrazone groups is 1. The summed E-state index contributed by atoms with van der Waals surface area (Å²) >= 11 is 13.5. The minimum atomic E-state index is -0.225. The Hall–Kier alpha value is -2.35. The van der Waals surface area contributed by atoms with Gasteiger partial charge in [-0.2, -0.15) is 5.10 Å². The molecule has 0 bridgehead atoms. The number of thioether (sulfide) groups is 1. The van der Waals surface area contributed by atoms with Crippen molar-refractivity contribution in [1.29, 1.82) is 0 Å². The van der Waals surface area contributed by atoms with Gasteiger partial charge in [-0.3, -0.25) is 4.79 Å². The van der Waals surface area contributed by atoms with Crippen molar-refractivity contribution >= 4 is 47.1 Å². The van der Waals surface area contributed by atoms with Crippen LogP contribution in [0.2, 0.25) is 10.0 Å². The number of hydrogen-bond acceptors (Lipinski definition) is 5. The molecule has 3 aromatic rings. The van der Waals surface area contributed by atoms with E-state index in [0.717, 1.165) is 34.0 Å². The van der Waals surface area contributed by atoms with Crippen LogP contribution in [0, 0.1) is 27.7 Å². The van der Waals surface area contributed by atoms with Crippen molar-refractivity contribution < 1.29 is 4.79 Å². The second kappa shape index (κ2) is 9.64. The molecule has 156 valence electrons. The van der Waals surface area contributed by atoms with Crippen LogP contribution in [0.3, 0.4) is 0 Å². The molecule has 1 N–H and O–H groups in total. The summed E-state index contributed by atoms with van der Waals surface area (Å²) < 4.78 is 2.05. The van der Waals surface area contributed by atoms with Gasteiger partial charge in [0.25, 0.3) is 5.91 Å². The van der Waals surface area contributed by atoms with Crippen LogP contribution in [-0.2, 0) is 4.79 Å². The van der Waals surface area contributed by atoms with E-state index < -0.39 is 0 Å². The molecule has 0 saturated carbocycles. The number of nitrogens with one attached hydrogen (secondary N) is 1. The van der Waals surface area contributed by atoms with Gasteiger partial charge in [0, 0.05) is 34.0 Å². The van der Waals surface area contributed by atoms with Gasteiger partial charge in [0.05, 0.1) is 22.0 Å². The van der Waals surface area contributed by atoms with E-state index in [-0.39, 0.29) is 11.7 Å². The Kier molecular flexibility index (Phi) is 7.18. The number of carbonyl (C=O) groups is 1. The fourth-order valence-corrected chi connectivity index (χ4v) is 4.07. The number of amides is 1. The molecule has 30 heavy (non-hydrogen) atoms. The summed E-state index contributed by atoms with van der Waals surface area (Å²) in [6, 6.07) is 9.37. The van der Waals surface area contributed by atoms with Gasteiger partial charge >= 0.3 is 0 Å². The van der Waals surface area contributed by atoms with E-state index in [9.17, 15) is 4.79 Å². The largest absolute Gasteiger partial charge is 0.318 e. The minimum Gasteiger partial charge on any atom is -0.318 e. The Balaban J connectivity index is 1.65. The van der Waals surface area contributed by atoms with E-state index in [2.05, 4.69) is 25.1 Å². The Morgan fingerprint density at radius 3 is 2.47 bits per heavy atom. The van der Waals surface area contributed by atoms with Gasteiger partial charge in [-0.05, 0) is 58.0 Å². The number of aryl methyl sites for hydroxylation is 3. The Morgan fingerprint density at radius 1 is 1.10 bits per heavy atom. The van der Waals surface area contributed by atoms with Crippen molar-refractivity contribution in [1.82, 2.24) is 20.0 Å². The zero-order chi connectivity index (χ0) is 21.8. The predicted molar refractivity (Wildman–Crippen MR) is 123 cm³/mol. The summed E-state index contributed by atoms with van der Waals surface area (Å²) in [5, 5.41) is 5.68. The lowest BCUT2D eigenvalue weighted by Crippen LogP contribution is -2.19. The van der Waals surface area contributed by atoms with Gasteiger partial charge in [0.15, 0.2) is 5.16 Å². The fourth-order valence-electron chi connectivity index (χ4n) is 3.03. The van der Waals surface area contributed by atoms with Gasteiger partial charge in [-0.1, -0.05) is 35.0 Å². The monoisotopic (exact) mass is 461 g/mol. The summed E-state index contributed by atoms with van der Waals surface area (Å²) in [6.07, 6.45) is 1.63. The summed E-state index contributed by atoms with van der Waals surface area (Å²) in [5.74, 6) is -0.0417. The molecule has 0 unspecified atom stereocenters. The second-order valence-corrected chi connectivity index (χ2v) is 8.53. The highest BCUT2D eigenvalue weighted by molar-refractivity contribution is 7.99. The van der Waals surface area contributed by atoms with Crippen molar-refractivity contribution in [2.45, 2.75) is 32.9 Å². The van der Waals surface area contributed by atoms with Crippen LogP contribution in [0.15, 0.2) is 40.6 Å². The first-order valence-electron chi connectivity index (χ1n) is 9.16. The first-order valence-corrected chi connectivity index (χ1v) is 10.9. The molecule has 0 saturated heterocycles. The molecule has 0 fully saturated rings. The first-order chi connectivity index (χ1) is 14.2. The Morgan fingerprint density at radius 2 is 1.80 bits per heavy atom. The molecule has 1 amide bonds. The first kappa shape index (κ1) is 22.3. The zero-order valence-corrected chi connectivity index (χ0v) is 19.4. The second-order valence-electron chi connectivity index (χ2n) is 6.78. The molecule has 0 aliphatic carbocycles. The third-order valence-electron chi connectivity index (χ3n) is 4.32. The van der Waals surface area contributed by atoms with Gasteiger partial charge in [-0.25, -0.2) is 15.4 Å². The lowest BCUT2D eigenvalue weighted by molar-refractivity contribution is -0.118. The van der Waals surface area contributed by atoms with Crippen LogP contribution < -0.4 is 5.43 Å². The highest BCUT2D eigenvalue weighted by Crippen LogP contribution is 2.27. The summed E-state index contributed by atoms with van der Waals surface area (Å²) in [4.78, 5) is 20.7. The molecular formula is C21H21Cl2N5OS. The van der Waals surface area contributed by atoms with Gasteiger partial charge in [0.2, 0.25) is 0 Å². The van der Waals surface area contributed by atoms with Crippen LogP contribution in [0.1, 0.15) is 28.3 Å². The van der Waals surface area contributed by atoms with Crippen molar-refractivity contribution in [2.75, 3.05) is 5.75 Å². The molecule has 0 aliphatic rings. The average molecular weight is 462 g/mol. The number of carbonyl (C=O) groups excluding carboxylic acids is 1. The highest BCUT2D eigenvalue weighted by atomic mass is 35.5. The third-order valence-corrected chi connectivity index (χ3v) is 5.91. The lowest BCUT2D eigenvalue weighted by atomic mass is 10.2. The zero-order valence-electron chi connectivity index (χ0n) is 17.0. The molecule has 2 heterocycles. The molecule has 9 heteroatoms. The standard InChI is InChI=1S/C21H21Cl2N5OS/c1-12-7-13(2)26-21(25-12)30-11-20(29)27-24-10-16-8-14(3)28(15(16)4)17-5-6-18(22)19(23)9-17/h5-10H,11H2,1-4H3,(H,27,29)/b24-10+. The summed E-state index contributed by atoms with van der Waals surface area (Å²) in [5.41, 5.74) is 8.09. The van der Waals surface area contributed by atoms with Crippen molar-refractivity contribution in [3.63, 3.8) is 0 Å². The molecule has 2 aromatic heterocycles. The van der Waals surface area contributed by atoms with Crippen molar-refractivity contribution in [3.05, 3.63) is 68.7 Å². The normalized spacial score (nSPS) is 11.3. The van der Waals surface area contributed by atoms with Crippen LogP contribution in [-0.4, -0.2) is 32.4 Å². The molecule has 0 spiro atoms. The Labute approximate surface area is 189 Å². The van der Waals surface area contributed by atoms with Gasteiger partial charge < -0.3 is 4.57 Å². The molecule has 0 atom stereocenters. The number of rotatable bonds is 6. The molecule has 0 aliphatic heterocycles. The number of hydrogen-bond donors (Lipinski definition) is 1. The smallest absolute Gasteiger partial charge is 0.250 e. The predicted octanol–water partition coefficient (Wildman–Crippen LogP) is 5.05. The third kappa shape index (κ3) is 5.41. The van der Waals surface area contributed by atoms with E-state index in [4.69, 9.17) is 23.2 Å². The van der Waals surface area contributed by atoms with Crippen LogP contribution in [0.4, 0.5) is 0 Å². The van der Waals surface area contributed by atoms with Crippen LogP contribution in [0.25, 0.3) is 5.69 Å². The highest BCUT2D eigenvalue weighted by Gasteiger charge is 2.11. The average Bonchev–Trinajstić information content (AvgIpc) is 2.95. The van der Waals surface area contributed by atoms with Gasteiger partial charge in [0.1, 0.15) is 0 Å². The molecule has 1 aromatic carbocycles. The SMILES string of the molecule is Cc1cc(C)nc(SCC(=O)N/N=C/c2cc(C)n(-c3ccc(Cl)c(Cl)c3)c2C)n1. The van der Waals surface area contributed by atoms with E-state index in [1.165, 1.54) is 11.8 Å². The maximum atomic E-state index is 12.1. The number of benzene rings is 1. The number of nitrogens with zero attached hydrogens (tertiary/aromatic N) is 4. The molecule has 3 rings (SSSR count). The molecule has 0 radical (unpaired) electrons. The number of aromatic nitrogens is 3. The van der Waals surface area contributed by atoms with Crippen LogP contribution in [0.5, 0.6) is 0 Å². The van der Waals surface area contributed by atoms with E-state index in [1.54, 1.807) is 12.3 Å². The maximum absolute atomic E-state index is 12.1. The Bertz CT molecular complexity index is 1110. The quantitative estimate of drug-likeness (QED) is 0.241. The summed E-state index contributed by atoms with van der Waals surface area (Å²) in [6.45, 7) is 7.77. The van der Waals surface area contributed by atoms with Crippen molar-refractivity contribution in [3.8, 4) is 5.69 Å². The maximum Gasteiger partial charge on any atom is 0.250 e. The fraction of sp³-hybridized carbons (Fsp3) is 0.238. The van der Waals surface area contributed by atoms with E-state index >= 15 is 0 Å². The minimum absolute atomic E-state index is 0.183. The van der Waals surface area contributed by atoms with E-state index in [0.29, 0.717) is 15.2 Å². The van der Waals surface area contributed by atoms with E-state index in [1.807, 2.05) is 52.0 Å². The van der Waals surface area contributed by atoms with Crippen molar-refractivity contribution in [2.24, 2.45) is 5.10 Å². The summed E-state index contributed by atoms with van der Waals surface area (Å²) in [7, 11) is 0. The topological polar surface area (TPSA) is 72.2 Å².